The highest BCUT2D eigenvalue weighted by atomic mass is 19.1. The van der Waals surface area contributed by atoms with Crippen LogP contribution in [0.1, 0.15) is 37.2 Å². The van der Waals surface area contributed by atoms with Gasteiger partial charge in [-0.05, 0) is 48.6 Å². The number of ether oxygens (including phenoxy) is 2. The van der Waals surface area contributed by atoms with E-state index in [1.807, 2.05) is 12.3 Å². The van der Waals surface area contributed by atoms with Crippen molar-refractivity contribution in [3.8, 4) is 0 Å². The highest BCUT2D eigenvalue weighted by Crippen LogP contribution is 2.43. The third-order valence-electron chi connectivity index (χ3n) is 4.74. The Morgan fingerprint density at radius 3 is 2.62 bits per heavy atom. The Labute approximate surface area is 123 Å². The van der Waals surface area contributed by atoms with E-state index < -0.39 is 0 Å². The average Bonchev–Trinajstić information content (AvgIpc) is 2.96. The van der Waals surface area contributed by atoms with Gasteiger partial charge in [-0.3, -0.25) is 4.98 Å². The Balaban J connectivity index is 1.64. The van der Waals surface area contributed by atoms with E-state index >= 15 is 0 Å². The SMILES string of the molecule is Fc1ccc2nccc(C3CCC4(CC3)OCCO4)c2c1. The summed E-state index contributed by atoms with van der Waals surface area (Å²) in [5.41, 5.74) is 2.06. The predicted octanol–water partition coefficient (Wildman–Crippen LogP) is 3.77. The van der Waals surface area contributed by atoms with E-state index in [0.29, 0.717) is 19.1 Å². The highest BCUT2D eigenvalue weighted by molar-refractivity contribution is 5.82. The second-order valence-corrected chi connectivity index (χ2v) is 5.94. The molecule has 2 fully saturated rings. The van der Waals surface area contributed by atoms with Crippen LogP contribution in [0.25, 0.3) is 10.9 Å². The van der Waals surface area contributed by atoms with E-state index in [9.17, 15) is 4.39 Å². The van der Waals surface area contributed by atoms with Crippen molar-refractivity contribution in [2.24, 2.45) is 0 Å². The molecule has 0 N–H and O–H groups in total. The van der Waals surface area contributed by atoms with Crippen molar-refractivity contribution >= 4 is 10.9 Å². The third kappa shape index (κ3) is 2.32. The van der Waals surface area contributed by atoms with Crippen LogP contribution in [0.4, 0.5) is 4.39 Å². The highest BCUT2D eigenvalue weighted by Gasteiger charge is 2.40. The quantitative estimate of drug-likeness (QED) is 0.800. The van der Waals surface area contributed by atoms with Gasteiger partial charge in [0.25, 0.3) is 0 Å². The molecule has 2 aromatic rings. The Hall–Kier alpha value is -1.52. The maximum Gasteiger partial charge on any atom is 0.168 e. The summed E-state index contributed by atoms with van der Waals surface area (Å²) in [6.45, 7) is 1.40. The van der Waals surface area contributed by atoms with Crippen LogP contribution in [0, 0.1) is 5.82 Å². The minimum Gasteiger partial charge on any atom is -0.348 e. The van der Waals surface area contributed by atoms with E-state index in [1.165, 1.54) is 11.6 Å². The van der Waals surface area contributed by atoms with Crippen LogP contribution in [0.15, 0.2) is 30.5 Å². The average molecular weight is 287 g/mol. The van der Waals surface area contributed by atoms with Gasteiger partial charge in [0.2, 0.25) is 0 Å². The summed E-state index contributed by atoms with van der Waals surface area (Å²) in [6, 6.07) is 6.85. The number of pyridine rings is 1. The number of rotatable bonds is 1. The maximum atomic E-state index is 13.6. The fraction of sp³-hybridized carbons (Fsp3) is 0.471. The first-order valence-corrected chi connectivity index (χ1v) is 7.58. The largest absolute Gasteiger partial charge is 0.348 e. The van der Waals surface area contributed by atoms with Gasteiger partial charge >= 0.3 is 0 Å². The number of benzene rings is 1. The summed E-state index contributed by atoms with van der Waals surface area (Å²) in [5, 5.41) is 0.937. The molecule has 21 heavy (non-hydrogen) atoms. The van der Waals surface area contributed by atoms with Crippen molar-refractivity contribution in [2.75, 3.05) is 13.2 Å². The molecule has 1 saturated heterocycles. The van der Waals surface area contributed by atoms with E-state index in [2.05, 4.69) is 4.98 Å². The Bertz CT molecular complexity index is 657. The van der Waals surface area contributed by atoms with Crippen LogP contribution in [0.5, 0.6) is 0 Å². The zero-order valence-corrected chi connectivity index (χ0v) is 11.8. The molecule has 110 valence electrons. The van der Waals surface area contributed by atoms with Crippen molar-refractivity contribution in [3.63, 3.8) is 0 Å². The Morgan fingerprint density at radius 2 is 1.86 bits per heavy atom. The van der Waals surface area contributed by atoms with E-state index in [4.69, 9.17) is 9.47 Å². The molecule has 1 aliphatic heterocycles. The summed E-state index contributed by atoms with van der Waals surface area (Å²) in [4.78, 5) is 4.33. The number of hydrogen-bond donors (Lipinski definition) is 0. The van der Waals surface area contributed by atoms with E-state index in [1.54, 1.807) is 12.1 Å². The van der Waals surface area contributed by atoms with Gasteiger partial charge < -0.3 is 9.47 Å². The number of aromatic nitrogens is 1. The normalized spacial score (nSPS) is 22.1. The lowest BCUT2D eigenvalue weighted by molar-refractivity contribution is -0.178. The molecule has 2 aliphatic rings. The first-order valence-electron chi connectivity index (χ1n) is 7.58. The third-order valence-corrected chi connectivity index (χ3v) is 4.74. The van der Waals surface area contributed by atoms with Crippen LogP contribution < -0.4 is 0 Å². The topological polar surface area (TPSA) is 31.4 Å². The van der Waals surface area contributed by atoms with Crippen LogP contribution in [0.2, 0.25) is 0 Å². The minimum absolute atomic E-state index is 0.202. The molecule has 3 nitrogen and oxygen atoms in total. The van der Waals surface area contributed by atoms with Crippen LogP contribution in [-0.2, 0) is 9.47 Å². The fourth-order valence-electron chi connectivity index (χ4n) is 3.65. The lowest BCUT2D eigenvalue weighted by atomic mass is 9.80. The van der Waals surface area contributed by atoms with Gasteiger partial charge in [-0.25, -0.2) is 4.39 Å². The number of nitrogens with zero attached hydrogens (tertiary/aromatic N) is 1. The molecule has 4 heteroatoms. The first kappa shape index (κ1) is 13.2. The molecular weight excluding hydrogens is 269 g/mol. The van der Waals surface area contributed by atoms with Crippen LogP contribution >= 0.6 is 0 Å². The smallest absolute Gasteiger partial charge is 0.168 e. The van der Waals surface area contributed by atoms with Crippen LogP contribution in [-0.4, -0.2) is 24.0 Å². The standard InChI is InChI=1S/C17H18FNO2/c18-13-1-2-16-15(11-13)14(5-8-19-16)12-3-6-17(7-4-12)20-9-10-21-17/h1-2,5,8,11-12H,3-4,6-7,9-10H2. The molecule has 0 bridgehead atoms. The fourth-order valence-corrected chi connectivity index (χ4v) is 3.65. The first-order chi connectivity index (χ1) is 10.3. The van der Waals surface area contributed by atoms with Crippen molar-refractivity contribution in [2.45, 2.75) is 37.4 Å². The van der Waals surface area contributed by atoms with E-state index in [0.717, 1.165) is 36.6 Å². The second-order valence-electron chi connectivity index (χ2n) is 5.94. The predicted molar refractivity (Wildman–Crippen MR) is 77.5 cm³/mol. The molecule has 1 aliphatic carbocycles. The number of halogens is 1. The lowest BCUT2D eigenvalue weighted by Crippen LogP contribution is -2.34. The zero-order chi connectivity index (χ0) is 14.3. The molecule has 1 saturated carbocycles. The van der Waals surface area contributed by atoms with Gasteiger partial charge in [0.15, 0.2) is 5.79 Å². The van der Waals surface area contributed by atoms with Gasteiger partial charge in [-0.2, -0.15) is 0 Å². The monoisotopic (exact) mass is 287 g/mol. The van der Waals surface area contributed by atoms with Crippen molar-refractivity contribution in [3.05, 3.63) is 41.8 Å². The summed E-state index contributed by atoms with van der Waals surface area (Å²) >= 11 is 0. The zero-order valence-electron chi connectivity index (χ0n) is 11.8. The van der Waals surface area contributed by atoms with Gasteiger partial charge in [-0.1, -0.05) is 0 Å². The number of hydrogen-bond acceptors (Lipinski definition) is 3. The summed E-state index contributed by atoms with van der Waals surface area (Å²) < 4.78 is 25.1. The summed E-state index contributed by atoms with van der Waals surface area (Å²) in [7, 11) is 0. The van der Waals surface area contributed by atoms with E-state index in [-0.39, 0.29) is 11.6 Å². The van der Waals surface area contributed by atoms with Gasteiger partial charge in [0.05, 0.1) is 18.7 Å². The van der Waals surface area contributed by atoms with Crippen LogP contribution in [0.3, 0.4) is 0 Å². The summed E-state index contributed by atoms with van der Waals surface area (Å²) in [6.07, 6.45) is 5.67. The Morgan fingerprint density at radius 1 is 1.10 bits per heavy atom. The molecule has 0 atom stereocenters. The molecule has 0 unspecified atom stereocenters. The number of fused-ring (bicyclic) bond motifs is 1. The molecule has 4 rings (SSSR count). The molecule has 1 aromatic heterocycles. The minimum atomic E-state index is -0.343. The van der Waals surface area contributed by atoms with Crippen molar-refractivity contribution in [1.82, 2.24) is 4.98 Å². The second kappa shape index (κ2) is 5.04. The molecule has 1 spiro atoms. The van der Waals surface area contributed by atoms with Crippen molar-refractivity contribution < 1.29 is 13.9 Å². The summed E-state index contributed by atoms with van der Waals surface area (Å²) in [5.74, 6) is -0.118. The molecule has 0 amide bonds. The van der Waals surface area contributed by atoms with Gasteiger partial charge in [0, 0.05) is 24.4 Å². The van der Waals surface area contributed by atoms with Gasteiger partial charge in [0.1, 0.15) is 5.82 Å². The van der Waals surface area contributed by atoms with Gasteiger partial charge in [-0.15, -0.1) is 0 Å². The molecule has 0 radical (unpaired) electrons. The molecular formula is C17H18FNO2. The Kier molecular flexibility index (Phi) is 3.16. The van der Waals surface area contributed by atoms with Crippen molar-refractivity contribution in [1.29, 1.82) is 0 Å². The maximum absolute atomic E-state index is 13.6. The molecule has 1 aromatic carbocycles. The molecule has 2 heterocycles. The lowest BCUT2D eigenvalue weighted by Gasteiger charge is -2.35.